The van der Waals surface area contributed by atoms with Crippen LogP contribution in [0.5, 0.6) is 5.75 Å². The number of rotatable bonds is 6. The minimum atomic E-state index is -0.892. The van der Waals surface area contributed by atoms with Crippen LogP contribution in [0.1, 0.15) is 29.4 Å². The number of carbonyl (C=O) groups is 1. The zero-order valence-corrected chi connectivity index (χ0v) is 14.2. The lowest BCUT2D eigenvalue weighted by Gasteiger charge is -2.13. The summed E-state index contributed by atoms with van der Waals surface area (Å²) in [6.07, 6.45) is 2.13. The molecule has 0 aliphatic carbocycles. The van der Waals surface area contributed by atoms with Crippen LogP contribution in [0.4, 0.5) is 0 Å². The maximum Gasteiger partial charge on any atom is 0.345 e. The molecule has 3 aromatic rings. The fraction of sp³-hybridized carbons (Fsp3) is 0.211. The van der Waals surface area contributed by atoms with E-state index in [-0.39, 0.29) is 5.75 Å². The normalized spacial score (nSPS) is 10.9. The smallest absolute Gasteiger partial charge is 0.345 e. The molecule has 0 radical (unpaired) electrons. The van der Waals surface area contributed by atoms with Crippen molar-refractivity contribution in [2.75, 3.05) is 0 Å². The molecule has 0 atom stereocenters. The van der Waals surface area contributed by atoms with E-state index in [1.165, 1.54) is 11.3 Å². The lowest BCUT2D eigenvalue weighted by Crippen LogP contribution is -2.01. The molecule has 2 N–H and O–H groups in total. The van der Waals surface area contributed by atoms with Crippen LogP contribution in [0.25, 0.3) is 21.8 Å². The number of phenols is 1. The van der Waals surface area contributed by atoms with Gasteiger partial charge in [-0.15, -0.1) is 11.3 Å². The highest BCUT2D eigenvalue weighted by molar-refractivity contribution is 7.17. The summed E-state index contributed by atoms with van der Waals surface area (Å²) in [7, 11) is 0. The van der Waals surface area contributed by atoms with Gasteiger partial charge in [-0.25, -0.2) is 4.79 Å². The lowest BCUT2D eigenvalue weighted by molar-refractivity contribution is 0.0702. The van der Waals surface area contributed by atoms with Gasteiger partial charge in [-0.1, -0.05) is 13.3 Å². The second-order valence-corrected chi connectivity index (χ2v) is 6.71. The van der Waals surface area contributed by atoms with E-state index in [2.05, 4.69) is 17.6 Å². The number of aromatic carboxylic acids is 1. The number of unbranched alkanes of at least 4 members (excludes halogenated alkanes) is 1. The number of aromatic hydroxyl groups is 1. The van der Waals surface area contributed by atoms with Gasteiger partial charge in [0.15, 0.2) is 0 Å². The predicted octanol–water partition coefficient (Wildman–Crippen LogP) is 5.09. The monoisotopic (exact) mass is 341 g/mol. The Kier molecular flexibility index (Phi) is 4.71. The maximum absolute atomic E-state index is 11.1. The van der Waals surface area contributed by atoms with Crippen LogP contribution in [-0.4, -0.2) is 20.7 Å². The van der Waals surface area contributed by atoms with Crippen molar-refractivity contribution in [3.05, 3.63) is 53.4 Å². The summed E-state index contributed by atoms with van der Waals surface area (Å²) in [5.41, 5.74) is 3.14. The van der Waals surface area contributed by atoms with E-state index in [0.29, 0.717) is 4.88 Å². The molecule has 0 saturated carbocycles. The number of thiophene rings is 1. The highest BCUT2D eigenvalue weighted by Crippen LogP contribution is 2.34. The number of phenolic OH excluding ortho intramolecular Hbond substituents is 1. The average molecular weight is 341 g/mol. The second kappa shape index (κ2) is 6.93. The van der Waals surface area contributed by atoms with Crippen molar-refractivity contribution in [2.24, 2.45) is 0 Å². The first-order chi connectivity index (χ1) is 11.6. The van der Waals surface area contributed by atoms with Gasteiger partial charge in [0.1, 0.15) is 10.6 Å². The van der Waals surface area contributed by atoms with Gasteiger partial charge in [0.25, 0.3) is 0 Å². The van der Waals surface area contributed by atoms with Crippen molar-refractivity contribution in [1.29, 1.82) is 0 Å². The maximum atomic E-state index is 11.1. The minimum absolute atomic E-state index is 0.245. The van der Waals surface area contributed by atoms with Crippen molar-refractivity contribution < 1.29 is 15.0 Å². The Bertz CT molecular complexity index is 846. The van der Waals surface area contributed by atoms with Gasteiger partial charge in [-0.2, -0.15) is 0 Å². The fourth-order valence-corrected chi connectivity index (χ4v) is 3.59. The molecule has 2 aromatic heterocycles. The van der Waals surface area contributed by atoms with Gasteiger partial charge in [-0.05, 0) is 60.5 Å². The largest absolute Gasteiger partial charge is 0.508 e. The molecule has 0 unspecified atom stereocenters. The lowest BCUT2D eigenvalue weighted by atomic mass is 10.1. The van der Waals surface area contributed by atoms with Crippen LogP contribution in [0.15, 0.2) is 48.5 Å². The topological polar surface area (TPSA) is 62.5 Å². The number of hydrogen-bond donors (Lipinski definition) is 2. The number of carboxylic acid groups (broad SMARTS) is 1. The number of nitrogens with zero attached hydrogens (tertiary/aromatic N) is 1. The summed E-state index contributed by atoms with van der Waals surface area (Å²) in [5, 5.41) is 18.6. The van der Waals surface area contributed by atoms with Gasteiger partial charge in [0.05, 0.1) is 10.6 Å². The van der Waals surface area contributed by atoms with Crippen molar-refractivity contribution >= 4 is 17.3 Å². The Morgan fingerprint density at radius 2 is 1.75 bits per heavy atom. The first kappa shape index (κ1) is 16.3. The average Bonchev–Trinajstić information content (AvgIpc) is 3.20. The van der Waals surface area contributed by atoms with Gasteiger partial charge in [0.2, 0.25) is 0 Å². The van der Waals surface area contributed by atoms with Gasteiger partial charge >= 0.3 is 5.97 Å². The molecule has 1 aromatic carbocycles. The van der Waals surface area contributed by atoms with E-state index < -0.39 is 5.97 Å². The summed E-state index contributed by atoms with van der Waals surface area (Å²) in [4.78, 5) is 12.4. The Morgan fingerprint density at radius 3 is 2.38 bits per heavy atom. The Balaban J connectivity index is 2.05. The van der Waals surface area contributed by atoms with E-state index in [9.17, 15) is 9.90 Å². The quantitative estimate of drug-likeness (QED) is 0.656. The number of hydrogen-bond acceptors (Lipinski definition) is 3. The van der Waals surface area contributed by atoms with E-state index in [0.717, 1.165) is 41.2 Å². The Labute approximate surface area is 144 Å². The molecule has 24 heavy (non-hydrogen) atoms. The van der Waals surface area contributed by atoms with Crippen LogP contribution in [0.3, 0.4) is 0 Å². The molecule has 124 valence electrons. The summed E-state index contributed by atoms with van der Waals surface area (Å²) in [6.45, 7) is 3.02. The molecule has 0 saturated heterocycles. The molecule has 0 amide bonds. The summed E-state index contributed by atoms with van der Waals surface area (Å²) >= 11 is 1.29. The Morgan fingerprint density at radius 1 is 1.04 bits per heavy atom. The van der Waals surface area contributed by atoms with E-state index in [1.54, 1.807) is 18.2 Å². The molecule has 0 fully saturated rings. The first-order valence-electron chi connectivity index (χ1n) is 7.92. The molecule has 0 aliphatic heterocycles. The molecule has 3 rings (SSSR count). The highest BCUT2D eigenvalue weighted by atomic mass is 32.1. The molecular formula is C19H19NO3S. The summed E-state index contributed by atoms with van der Waals surface area (Å²) < 4.78 is 2.23. The number of benzene rings is 1. The zero-order valence-electron chi connectivity index (χ0n) is 13.4. The predicted molar refractivity (Wildman–Crippen MR) is 96.7 cm³/mol. The first-order valence-corrected chi connectivity index (χ1v) is 8.74. The minimum Gasteiger partial charge on any atom is -0.508 e. The summed E-state index contributed by atoms with van der Waals surface area (Å²) in [5.74, 6) is -0.647. The molecule has 0 bridgehead atoms. The molecule has 0 spiro atoms. The van der Waals surface area contributed by atoms with E-state index in [1.807, 2.05) is 24.3 Å². The van der Waals surface area contributed by atoms with Crippen molar-refractivity contribution in [2.45, 2.75) is 26.3 Å². The molecule has 0 aliphatic rings. The van der Waals surface area contributed by atoms with Crippen LogP contribution in [-0.2, 0) is 6.54 Å². The SMILES string of the molecule is CCCCn1c(-c2ccc(O)cc2)ccc1-c1ccc(C(=O)O)s1. The van der Waals surface area contributed by atoms with Gasteiger partial charge < -0.3 is 14.8 Å². The van der Waals surface area contributed by atoms with Crippen molar-refractivity contribution in [1.82, 2.24) is 4.57 Å². The van der Waals surface area contributed by atoms with Crippen LogP contribution >= 0.6 is 11.3 Å². The van der Waals surface area contributed by atoms with Gasteiger partial charge in [-0.3, -0.25) is 0 Å². The van der Waals surface area contributed by atoms with Crippen LogP contribution in [0.2, 0.25) is 0 Å². The third kappa shape index (κ3) is 3.21. The highest BCUT2D eigenvalue weighted by Gasteiger charge is 2.15. The number of aromatic nitrogens is 1. The fourth-order valence-electron chi connectivity index (χ4n) is 2.71. The molecule has 5 heteroatoms. The van der Waals surface area contributed by atoms with Crippen molar-refractivity contribution in [3.8, 4) is 27.6 Å². The number of carboxylic acids is 1. The van der Waals surface area contributed by atoms with Crippen LogP contribution in [0, 0.1) is 0 Å². The third-order valence-corrected chi connectivity index (χ3v) is 5.04. The van der Waals surface area contributed by atoms with E-state index >= 15 is 0 Å². The standard InChI is InChI=1S/C19H19NO3S/c1-2-3-12-20-15(13-4-6-14(21)7-5-13)8-9-16(20)17-10-11-18(24-17)19(22)23/h4-11,21H,2-3,12H2,1H3,(H,22,23). The Hall–Kier alpha value is -2.53. The molecular weight excluding hydrogens is 322 g/mol. The van der Waals surface area contributed by atoms with E-state index in [4.69, 9.17) is 5.11 Å². The zero-order chi connectivity index (χ0) is 17.1. The molecule has 4 nitrogen and oxygen atoms in total. The van der Waals surface area contributed by atoms with Gasteiger partial charge in [0, 0.05) is 12.2 Å². The van der Waals surface area contributed by atoms with Crippen LogP contribution < -0.4 is 0 Å². The third-order valence-electron chi connectivity index (χ3n) is 3.95. The summed E-state index contributed by atoms with van der Waals surface area (Å²) in [6, 6.07) is 14.8. The second-order valence-electron chi connectivity index (χ2n) is 5.62. The van der Waals surface area contributed by atoms with Crippen molar-refractivity contribution in [3.63, 3.8) is 0 Å². The molecule has 2 heterocycles.